The van der Waals surface area contributed by atoms with Gasteiger partial charge in [-0.1, -0.05) is 43.9 Å². The molecule has 0 spiro atoms. The van der Waals surface area contributed by atoms with Crippen LogP contribution in [0.15, 0.2) is 18.2 Å². The summed E-state index contributed by atoms with van der Waals surface area (Å²) in [6, 6.07) is 7.46. The number of aryl methyl sites for hydroxylation is 1. The highest BCUT2D eigenvalue weighted by Crippen LogP contribution is 2.30. The highest BCUT2D eigenvalue weighted by atomic mass is 16.5. The summed E-state index contributed by atoms with van der Waals surface area (Å²) in [5.74, 6) is 1.91. The second-order valence-corrected chi connectivity index (χ2v) is 6.27. The van der Waals surface area contributed by atoms with Gasteiger partial charge in [-0.05, 0) is 38.7 Å². The van der Waals surface area contributed by atoms with Crippen molar-refractivity contribution in [2.24, 2.45) is 5.92 Å². The van der Waals surface area contributed by atoms with Gasteiger partial charge in [0.1, 0.15) is 5.75 Å². The van der Waals surface area contributed by atoms with Crippen molar-refractivity contribution in [2.75, 3.05) is 7.11 Å². The fraction of sp³-hybridized carbons (Fsp3) is 0.667. The molecule has 1 aromatic rings. The second-order valence-electron chi connectivity index (χ2n) is 6.27. The van der Waals surface area contributed by atoms with Crippen molar-refractivity contribution in [1.82, 2.24) is 5.32 Å². The quantitative estimate of drug-likeness (QED) is 0.846. The van der Waals surface area contributed by atoms with E-state index in [9.17, 15) is 0 Å². The van der Waals surface area contributed by atoms with E-state index in [-0.39, 0.29) is 0 Å². The van der Waals surface area contributed by atoms with Gasteiger partial charge in [-0.25, -0.2) is 0 Å². The molecule has 1 aliphatic carbocycles. The SMILES string of the molecule is CCC1CCCC(NC(C)c2cc(C)ccc2OC)C1. The predicted molar refractivity (Wildman–Crippen MR) is 85.3 cm³/mol. The smallest absolute Gasteiger partial charge is 0.123 e. The minimum absolute atomic E-state index is 0.352. The minimum Gasteiger partial charge on any atom is -0.496 e. The topological polar surface area (TPSA) is 21.3 Å². The molecule has 3 unspecified atom stereocenters. The predicted octanol–water partition coefficient (Wildman–Crippen LogP) is 4.62. The lowest BCUT2D eigenvalue weighted by molar-refractivity contribution is 0.264. The number of rotatable bonds is 5. The molecule has 2 rings (SSSR count). The number of hydrogen-bond acceptors (Lipinski definition) is 2. The molecule has 1 aliphatic rings. The van der Waals surface area contributed by atoms with Gasteiger partial charge in [0.2, 0.25) is 0 Å². The zero-order valence-electron chi connectivity index (χ0n) is 13.4. The standard InChI is InChI=1S/C18H29NO/c1-5-15-7-6-8-16(12-15)19-14(3)17-11-13(2)9-10-18(17)20-4/h9-11,14-16,19H,5-8,12H2,1-4H3. The van der Waals surface area contributed by atoms with Crippen molar-refractivity contribution in [1.29, 1.82) is 0 Å². The van der Waals surface area contributed by atoms with E-state index in [1.165, 1.54) is 43.2 Å². The molecule has 1 N–H and O–H groups in total. The zero-order valence-corrected chi connectivity index (χ0v) is 13.4. The van der Waals surface area contributed by atoms with E-state index in [2.05, 4.69) is 44.3 Å². The highest BCUT2D eigenvalue weighted by Gasteiger charge is 2.23. The third kappa shape index (κ3) is 3.76. The number of hydrogen-bond donors (Lipinski definition) is 1. The van der Waals surface area contributed by atoms with Gasteiger partial charge in [0, 0.05) is 17.6 Å². The molecule has 20 heavy (non-hydrogen) atoms. The first-order valence-electron chi connectivity index (χ1n) is 8.04. The van der Waals surface area contributed by atoms with Gasteiger partial charge in [0.15, 0.2) is 0 Å². The lowest BCUT2D eigenvalue weighted by Crippen LogP contribution is -2.35. The van der Waals surface area contributed by atoms with E-state index in [0.29, 0.717) is 12.1 Å². The molecule has 112 valence electrons. The average molecular weight is 275 g/mol. The monoisotopic (exact) mass is 275 g/mol. The first-order valence-corrected chi connectivity index (χ1v) is 8.04. The molecule has 1 aromatic carbocycles. The maximum absolute atomic E-state index is 5.51. The molecule has 2 nitrogen and oxygen atoms in total. The summed E-state index contributed by atoms with van der Waals surface area (Å²) < 4.78 is 5.51. The van der Waals surface area contributed by atoms with Crippen LogP contribution in [0.4, 0.5) is 0 Å². The van der Waals surface area contributed by atoms with Crippen LogP contribution in [0.2, 0.25) is 0 Å². The Morgan fingerprint density at radius 2 is 2.15 bits per heavy atom. The summed E-state index contributed by atoms with van der Waals surface area (Å²) in [7, 11) is 1.76. The molecule has 0 radical (unpaired) electrons. The minimum atomic E-state index is 0.352. The Morgan fingerprint density at radius 1 is 1.35 bits per heavy atom. The second kappa shape index (κ2) is 7.12. The van der Waals surface area contributed by atoms with E-state index in [0.717, 1.165) is 11.7 Å². The van der Waals surface area contributed by atoms with E-state index >= 15 is 0 Å². The average Bonchev–Trinajstić information content (AvgIpc) is 2.47. The lowest BCUT2D eigenvalue weighted by Gasteiger charge is -2.32. The highest BCUT2D eigenvalue weighted by molar-refractivity contribution is 5.38. The molecular weight excluding hydrogens is 246 g/mol. The molecule has 0 aliphatic heterocycles. The van der Waals surface area contributed by atoms with E-state index in [1.54, 1.807) is 7.11 Å². The summed E-state index contributed by atoms with van der Waals surface area (Å²) in [5, 5.41) is 3.82. The largest absolute Gasteiger partial charge is 0.496 e. The van der Waals surface area contributed by atoms with Gasteiger partial charge in [0.05, 0.1) is 7.11 Å². The molecule has 3 atom stereocenters. The van der Waals surface area contributed by atoms with Crippen molar-refractivity contribution in [3.8, 4) is 5.75 Å². The normalized spacial score (nSPS) is 24.4. The third-order valence-corrected chi connectivity index (χ3v) is 4.70. The zero-order chi connectivity index (χ0) is 14.5. The van der Waals surface area contributed by atoms with Crippen LogP contribution < -0.4 is 10.1 Å². The van der Waals surface area contributed by atoms with Crippen LogP contribution >= 0.6 is 0 Å². The Hall–Kier alpha value is -1.02. The molecular formula is C18H29NO. The fourth-order valence-corrected chi connectivity index (χ4v) is 3.45. The fourth-order valence-electron chi connectivity index (χ4n) is 3.45. The first kappa shape index (κ1) is 15.4. The summed E-state index contributed by atoms with van der Waals surface area (Å²) in [5.41, 5.74) is 2.58. The van der Waals surface area contributed by atoms with Crippen LogP contribution in [0.3, 0.4) is 0 Å². The Morgan fingerprint density at radius 3 is 2.85 bits per heavy atom. The third-order valence-electron chi connectivity index (χ3n) is 4.70. The summed E-state index contributed by atoms with van der Waals surface area (Å²) in [6.45, 7) is 6.72. The molecule has 0 heterocycles. The first-order chi connectivity index (χ1) is 9.63. The van der Waals surface area contributed by atoms with Crippen LogP contribution in [-0.2, 0) is 0 Å². The number of benzene rings is 1. The number of methoxy groups -OCH3 is 1. The Balaban J connectivity index is 2.04. The maximum Gasteiger partial charge on any atom is 0.123 e. The molecule has 1 saturated carbocycles. The Labute approximate surface area is 123 Å². The van der Waals surface area contributed by atoms with Crippen molar-refractivity contribution < 1.29 is 4.74 Å². The van der Waals surface area contributed by atoms with Crippen LogP contribution in [0.5, 0.6) is 5.75 Å². The van der Waals surface area contributed by atoms with Crippen LogP contribution in [0.1, 0.15) is 63.1 Å². The summed E-state index contributed by atoms with van der Waals surface area (Å²) >= 11 is 0. The Bertz CT molecular complexity index is 429. The van der Waals surface area contributed by atoms with Crippen molar-refractivity contribution in [2.45, 2.75) is 65.0 Å². The molecule has 0 saturated heterocycles. The molecule has 0 aromatic heterocycles. The van der Waals surface area contributed by atoms with Crippen LogP contribution in [0, 0.1) is 12.8 Å². The van der Waals surface area contributed by atoms with Crippen molar-refractivity contribution in [3.05, 3.63) is 29.3 Å². The molecule has 0 amide bonds. The van der Waals surface area contributed by atoms with Crippen molar-refractivity contribution >= 4 is 0 Å². The van der Waals surface area contributed by atoms with Crippen LogP contribution in [0.25, 0.3) is 0 Å². The van der Waals surface area contributed by atoms with Crippen molar-refractivity contribution in [3.63, 3.8) is 0 Å². The molecule has 1 fully saturated rings. The van der Waals surface area contributed by atoms with Gasteiger partial charge in [0.25, 0.3) is 0 Å². The summed E-state index contributed by atoms with van der Waals surface area (Å²) in [6.07, 6.45) is 6.74. The van der Waals surface area contributed by atoms with Crippen LogP contribution in [-0.4, -0.2) is 13.2 Å². The number of ether oxygens (including phenoxy) is 1. The molecule has 2 heteroatoms. The summed E-state index contributed by atoms with van der Waals surface area (Å²) in [4.78, 5) is 0. The van der Waals surface area contributed by atoms with Gasteiger partial charge >= 0.3 is 0 Å². The van der Waals surface area contributed by atoms with Gasteiger partial charge < -0.3 is 10.1 Å². The number of nitrogens with one attached hydrogen (secondary N) is 1. The van der Waals surface area contributed by atoms with Gasteiger partial charge in [-0.2, -0.15) is 0 Å². The van der Waals surface area contributed by atoms with Gasteiger partial charge in [-0.3, -0.25) is 0 Å². The lowest BCUT2D eigenvalue weighted by atomic mass is 9.84. The van der Waals surface area contributed by atoms with E-state index in [1.807, 2.05) is 0 Å². The maximum atomic E-state index is 5.51. The Kier molecular flexibility index (Phi) is 5.47. The van der Waals surface area contributed by atoms with E-state index in [4.69, 9.17) is 4.74 Å². The van der Waals surface area contributed by atoms with E-state index < -0.39 is 0 Å². The van der Waals surface area contributed by atoms with Gasteiger partial charge in [-0.15, -0.1) is 0 Å². The molecule has 0 bridgehead atoms.